The fourth-order valence-corrected chi connectivity index (χ4v) is 9.20. The molecule has 15 heteroatoms. The molecule has 3 aliphatic rings. The van der Waals surface area contributed by atoms with Gasteiger partial charge in [0.2, 0.25) is 11.8 Å². The van der Waals surface area contributed by atoms with Crippen molar-refractivity contribution in [1.82, 2.24) is 20.5 Å². The number of aliphatic carboxylic acids is 1. The minimum atomic E-state index is -1.27. The van der Waals surface area contributed by atoms with Crippen molar-refractivity contribution in [2.75, 3.05) is 6.61 Å². The lowest BCUT2D eigenvalue weighted by atomic mass is 9.90. The number of halogens is 2. The largest absolute Gasteiger partial charge is 0.489 e. The van der Waals surface area contributed by atoms with E-state index in [0.717, 1.165) is 50.2 Å². The van der Waals surface area contributed by atoms with Gasteiger partial charge in [-0.05, 0) is 141 Å². The smallest absolute Gasteiger partial charge is 0.407 e. The summed E-state index contributed by atoms with van der Waals surface area (Å²) in [5.41, 5.74) is 7.35. The van der Waals surface area contributed by atoms with Crippen LogP contribution in [0.3, 0.4) is 0 Å². The number of hydrogen-bond acceptors (Lipinski definition) is 9. The van der Waals surface area contributed by atoms with Gasteiger partial charge in [-0.1, -0.05) is 65.7 Å². The minimum absolute atomic E-state index is 0.0297. The Balaban J connectivity index is 0.989. The molecule has 1 saturated carbocycles. The number of carboxylic acid groups (broad SMARTS) is 1. The molecule has 350 valence electrons. The van der Waals surface area contributed by atoms with Gasteiger partial charge in [0.15, 0.2) is 17.6 Å². The Hall–Kier alpha value is -6.31. The van der Waals surface area contributed by atoms with Gasteiger partial charge < -0.3 is 39.6 Å². The number of hydrogen-bond donors (Lipinski definition) is 3. The number of benzene rings is 4. The van der Waals surface area contributed by atoms with Crippen LogP contribution >= 0.6 is 23.2 Å². The maximum atomic E-state index is 14.6. The highest BCUT2D eigenvalue weighted by Gasteiger charge is 2.42. The number of aryl methyl sites for hydroxylation is 1. The molecule has 0 radical (unpaired) electrons. The van der Waals surface area contributed by atoms with E-state index in [0.29, 0.717) is 53.2 Å². The summed E-state index contributed by atoms with van der Waals surface area (Å²) in [6.07, 6.45) is 2.34. The fraction of sp³-hybridized carbons (Fsp3) is 0.365. The van der Waals surface area contributed by atoms with Crippen LogP contribution in [0.2, 0.25) is 10.0 Å². The molecule has 0 spiro atoms. The monoisotopic (exact) mass is 948 g/mol. The molecular weight excluding hydrogens is 895 g/mol. The van der Waals surface area contributed by atoms with Crippen LogP contribution in [0.15, 0.2) is 91.1 Å². The van der Waals surface area contributed by atoms with E-state index in [-0.39, 0.29) is 37.9 Å². The summed E-state index contributed by atoms with van der Waals surface area (Å²) in [7, 11) is 0. The maximum absolute atomic E-state index is 14.6. The van der Waals surface area contributed by atoms with Crippen LogP contribution in [-0.2, 0) is 45.1 Å². The standard InChI is InChI=1S/C52H54Cl2N4O9/c1-29-30(2)55-19-18-40(29)33-9-6-31(7-10-33)21-43(50(61)62)57-48(59)44-23-36-24-45-46(25-37(36)26-58(44)49(60)35-11-14-38(22-35)56-51(63)67-52(3,4)5)66-47(28-65-45)34-12-15-39(16-13-34)64-27-32-8-17-41(53)42(54)20-32/h6-10,12-13,15-20,24-25,35,38,43-44,47H,11,14,21-23,26-28H2,1-5H3,(H,56,63)(H,57,59)(H,61,62)/t35-,38+,43-,44-,47+/m0/s1. The van der Waals surface area contributed by atoms with Crippen molar-refractivity contribution >= 4 is 47.1 Å². The molecular formula is C52H54Cl2N4O9. The third kappa shape index (κ3) is 11.3. The molecule has 67 heavy (non-hydrogen) atoms. The number of alkyl carbamates (subject to hydrolysis) is 1. The molecule has 5 aromatic rings. The number of nitrogens with one attached hydrogen (secondary N) is 2. The summed E-state index contributed by atoms with van der Waals surface area (Å²) in [4.78, 5) is 60.3. The number of fused-ring (bicyclic) bond motifs is 2. The van der Waals surface area contributed by atoms with E-state index >= 15 is 0 Å². The Bertz CT molecular complexity index is 2670. The molecule has 3 N–H and O–H groups in total. The summed E-state index contributed by atoms with van der Waals surface area (Å²) < 4.78 is 24.2. The first kappa shape index (κ1) is 47.2. The molecule has 2 aliphatic heterocycles. The van der Waals surface area contributed by atoms with E-state index in [1.54, 1.807) is 44.0 Å². The van der Waals surface area contributed by atoms with Crippen molar-refractivity contribution in [2.24, 2.45) is 5.92 Å². The lowest BCUT2D eigenvalue weighted by Gasteiger charge is -2.39. The number of carbonyl (C=O) groups is 4. The number of rotatable bonds is 12. The molecule has 8 rings (SSSR count). The second-order valence-electron chi connectivity index (χ2n) is 18.5. The van der Waals surface area contributed by atoms with Crippen molar-refractivity contribution in [3.8, 4) is 28.4 Å². The van der Waals surface area contributed by atoms with Gasteiger partial charge in [0.05, 0.1) is 10.0 Å². The summed E-state index contributed by atoms with van der Waals surface area (Å²) in [6, 6.07) is 23.6. The zero-order chi connectivity index (χ0) is 47.6. The van der Waals surface area contributed by atoms with E-state index in [1.165, 1.54) is 0 Å². The van der Waals surface area contributed by atoms with Gasteiger partial charge in [-0.25, -0.2) is 9.59 Å². The highest BCUT2D eigenvalue weighted by Crippen LogP contribution is 2.42. The van der Waals surface area contributed by atoms with Gasteiger partial charge in [-0.3, -0.25) is 14.6 Å². The number of pyridine rings is 1. The van der Waals surface area contributed by atoms with Gasteiger partial charge in [0.25, 0.3) is 0 Å². The number of aromatic nitrogens is 1. The highest BCUT2D eigenvalue weighted by molar-refractivity contribution is 6.42. The summed E-state index contributed by atoms with van der Waals surface area (Å²) in [5, 5.41) is 17.0. The number of carbonyl (C=O) groups excluding carboxylic acids is 3. The normalized spacial score (nSPS) is 19.2. The Morgan fingerprint density at radius 1 is 0.896 bits per heavy atom. The Kier molecular flexibility index (Phi) is 14.0. The Morgan fingerprint density at radius 3 is 2.34 bits per heavy atom. The summed E-state index contributed by atoms with van der Waals surface area (Å²) in [6.45, 7) is 9.94. The van der Waals surface area contributed by atoms with Crippen molar-refractivity contribution in [3.63, 3.8) is 0 Å². The average Bonchev–Trinajstić information content (AvgIpc) is 3.76. The number of amides is 3. The van der Waals surface area contributed by atoms with Crippen molar-refractivity contribution in [2.45, 2.75) is 110 Å². The lowest BCUT2D eigenvalue weighted by molar-refractivity contribution is -0.147. The second kappa shape index (κ2) is 19.9. The zero-order valence-electron chi connectivity index (χ0n) is 38.1. The molecule has 0 unspecified atom stereocenters. The second-order valence-corrected chi connectivity index (χ2v) is 19.3. The molecule has 13 nitrogen and oxygen atoms in total. The van der Waals surface area contributed by atoms with Crippen LogP contribution in [0.4, 0.5) is 4.79 Å². The molecule has 4 aromatic carbocycles. The van der Waals surface area contributed by atoms with E-state index in [1.807, 2.05) is 86.6 Å². The van der Waals surface area contributed by atoms with Crippen molar-refractivity contribution < 1.29 is 43.2 Å². The Morgan fingerprint density at radius 2 is 1.63 bits per heavy atom. The lowest BCUT2D eigenvalue weighted by Crippen LogP contribution is -2.56. The number of carboxylic acids is 1. The molecule has 0 bridgehead atoms. The first-order valence-corrected chi connectivity index (χ1v) is 23.2. The van der Waals surface area contributed by atoms with Crippen LogP contribution in [-0.4, -0.2) is 69.2 Å². The number of nitrogens with zero attached hydrogens (tertiary/aromatic N) is 2. The molecule has 3 amide bonds. The SMILES string of the molecule is Cc1nccc(-c2ccc(C[C@H](NC(=O)[C@@H]3Cc4cc5c(cc4CN3C(=O)[C@H]3CC[C@@H](NC(=O)OC(C)(C)C)C3)O[C@@H](c3ccc(OCc4ccc(Cl)c(Cl)c4)cc3)CO5)C(=O)O)cc2)c1C. The molecule has 0 saturated heterocycles. The van der Waals surface area contributed by atoms with Gasteiger partial charge in [0.1, 0.15) is 36.6 Å². The zero-order valence-corrected chi connectivity index (χ0v) is 39.6. The van der Waals surface area contributed by atoms with Crippen molar-refractivity contribution in [3.05, 3.63) is 140 Å². The van der Waals surface area contributed by atoms with Crippen LogP contribution in [0.25, 0.3) is 11.1 Å². The molecule has 5 atom stereocenters. The highest BCUT2D eigenvalue weighted by atomic mass is 35.5. The van der Waals surface area contributed by atoms with Crippen LogP contribution in [0.5, 0.6) is 17.2 Å². The third-order valence-corrected chi connectivity index (χ3v) is 13.3. The van der Waals surface area contributed by atoms with Gasteiger partial charge in [-0.2, -0.15) is 0 Å². The number of ether oxygens (including phenoxy) is 4. The first-order chi connectivity index (χ1) is 32.0. The predicted octanol–water partition coefficient (Wildman–Crippen LogP) is 9.52. The molecule has 1 aliphatic carbocycles. The van der Waals surface area contributed by atoms with E-state index in [4.69, 9.17) is 42.1 Å². The minimum Gasteiger partial charge on any atom is -0.489 e. The molecule has 3 heterocycles. The third-order valence-electron chi connectivity index (χ3n) is 12.6. The van der Waals surface area contributed by atoms with Crippen LogP contribution in [0, 0.1) is 19.8 Å². The van der Waals surface area contributed by atoms with E-state index in [9.17, 15) is 24.3 Å². The summed E-state index contributed by atoms with van der Waals surface area (Å²) in [5.74, 6) is -0.849. The topological polar surface area (TPSA) is 166 Å². The fourth-order valence-electron chi connectivity index (χ4n) is 8.88. The first-order valence-electron chi connectivity index (χ1n) is 22.4. The quantitative estimate of drug-likeness (QED) is 0.110. The van der Waals surface area contributed by atoms with Gasteiger partial charge >= 0.3 is 12.1 Å². The van der Waals surface area contributed by atoms with Gasteiger partial charge in [0, 0.05) is 43.2 Å². The summed E-state index contributed by atoms with van der Waals surface area (Å²) >= 11 is 12.2. The van der Waals surface area contributed by atoms with Crippen LogP contribution < -0.4 is 24.8 Å². The predicted molar refractivity (Wildman–Crippen MR) is 254 cm³/mol. The van der Waals surface area contributed by atoms with Crippen LogP contribution in [0.1, 0.15) is 85.2 Å². The van der Waals surface area contributed by atoms with E-state index in [2.05, 4.69) is 15.6 Å². The maximum Gasteiger partial charge on any atom is 0.407 e. The van der Waals surface area contributed by atoms with Gasteiger partial charge in [-0.15, -0.1) is 0 Å². The molecule has 1 fully saturated rings. The van der Waals surface area contributed by atoms with Crippen molar-refractivity contribution in [1.29, 1.82) is 0 Å². The average molecular weight is 950 g/mol. The van der Waals surface area contributed by atoms with E-state index < -0.39 is 47.7 Å². The molecule has 1 aromatic heterocycles. The Labute approximate surface area is 400 Å².